The first-order valence-corrected chi connectivity index (χ1v) is 6.95. The molecule has 116 valence electrons. The second kappa shape index (κ2) is 6.56. The Kier molecular flexibility index (Phi) is 5.29. The summed E-state index contributed by atoms with van der Waals surface area (Å²) in [6.45, 7) is 9.30. The summed E-state index contributed by atoms with van der Waals surface area (Å²) in [6.07, 6.45) is 0.623. The molecule has 1 rings (SSSR count). The van der Waals surface area contributed by atoms with Crippen LogP contribution in [0.4, 0.5) is 5.82 Å². The largest absolute Gasteiger partial charge is 0.478 e. The number of aryl methyl sites for hydroxylation is 1. The first-order valence-electron chi connectivity index (χ1n) is 6.95. The van der Waals surface area contributed by atoms with Crippen LogP contribution >= 0.6 is 0 Å². The SMILES string of the molecule is CCc1cc(C(=O)O)cc(NC(C)C(=O)NC(C)(C)C)n1. The Balaban J connectivity index is 2.89. The minimum Gasteiger partial charge on any atom is -0.478 e. The van der Waals surface area contributed by atoms with Crippen molar-refractivity contribution in [3.63, 3.8) is 0 Å². The van der Waals surface area contributed by atoms with Crippen LogP contribution in [0.3, 0.4) is 0 Å². The molecule has 1 atom stereocenters. The molecule has 1 aromatic rings. The number of pyridine rings is 1. The highest BCUT2D eigenvalue weighted by molar-refractivity contribution is 5.89. The molecule has 6 nitrogen and oxygen atoms in total. The molecule has 0 spiro atoms. The van der Waals surface area contributed by atoms with Crippen LogP contribution in [-0.2, 0) is 11.2 Å². The van der Waals surface area contributed by atoms with E-state index in [4.69, 9.17) is 5.11 Å². The summed E-state index contributed by atoms with van der Waals surface area (Å²) in [5.74, 6) is -0.784. The lowest BCUT2D eigenvalue weighted by molar-refractivity contribution is -0.122. The monoisotopic (exact) mass is 293 g/mol. The van der Waals surface area contributed by atoms with Gasteiger partial charge in [0.15, 0.2) is 0 Å². The summed E-state index contributed by atoms with van der Waals surface area (Å²) in [6, 6.07) is 2.46. The van der Waals surface area contributed by atoms with Crippen molar-refractivity contribution in [3.8, 4) is 0 Å². The topological polar surface area (TPSA) is 91.3 Å². The summed E-state index contributed by atoms with van der Waals surface area (Å²) in [5, 5.41) is 14.9. The minimum absolute atomic E-state index is 0.160. The number of hydrogen-bond acceptors (Lipinski definition) is 4. The zero-order chi connectivity index (χ0) is 16.2. The summed E-state index contributed by atoms with van der Waals surface area (Å²) in [5.41, 5.74) is 0.506. The molecular weight excluding hydrogens is 270 g/mol. The highest BCUT2D eigenvalue weighted by Gasteiger charge is 2.20. The number of aromatic nitrogens is 1. The van der Waals surface area contributed by atoms with Gasteiger partial charge < -0.3 is 15.7 Å². The van der Waals surface area contributed by atoms with Crippen LogP contribution in [-0.4, -0.2) is 33.5 Å². The normalized spacial score (nSPS) is 12.6. The van der Waals surface area contributed by atoms with E-state index in [0.29, 0.717) is 17.9 Å². The predicted molar refractivity (Wildman–Crippen MR) is 81.6 cm³/mol. The molecule has 0 bridgehead atoms. The minimum atomic E-state index is -1.01. The van der Waals surface area contributed by atoms with Crippen LogP contribution in [0, 0.1) is 0 Å². The third-order valence-corrected chi connectivity index (χ3v) is 2.74. The first kappa shape index (κ1) is 16.9. The van der Waals surface area contributed by atoms with E-state index >= 15 is 0 Å². The summed E-state index contributed by atoms with van der Waals surface area (Å²) in [4.78, 5) is 27.4. The highest BCUT2D eigenvalue weighted by atomic mass is 16.4. The Morgan fingerprint density at radius 3 is 2.43 bits per heavy atom. The van der Waals surface area contributed by atoms with E-state index in [-0.39, 0.29) is 17.0 Å². The Bertz CT molecular complexity index is 535. The maximum absolute atomic E-state index is 12.0. The number of anilines is 1. The molecule has 0 aliphatic rings. The van der Waals surface area contributed by atoms with Crippen LogP contribution in [0.5, 0.6) is 0 Å². The van der Waals surface area contributed by atoms with E-state index in [1.165, 1.54) is 12.1 Å². The fourth-order valence-electron chi connectivity index (χ4n) is 1.73. The van der Waals surface area contributed by atoms with Gasteiger partial charge in [0.1, 0.15) is 11.9 Å². The number of carbonyl (C=O) groups excluding carboxylic acids is 1. The maximum Gasteiger partial charge on any atom is 0.335 e. The molecule has 21 heavy (non-hydrogen) atoms. The van der Waals surface area contributed by atoms with E-state index < -0.39 is 12.0 Å². The number of aromatic carboxylic acids is 1. The summed E-state index contributed by atoms with van der Waals surface area (Å²) in [7, 11) is 0. The zero-order valence-corrected chi connectivity index (χ0v) is 13.2. The molecule has 1 unspecified atom stereocenters. The molecular formula is C15H23N3O3. The van der Waals surface area contributed by atoms with Gasteiger partial charge in [-0.05, 0) is 46.2 Å². The summed E-state index contributed by atoms with van der Waals surface area (Å²) < 4.78 is 0. The Morgan fingerprint density at radius 2 is 1.95 bits per heavy atom. The van der Waals surface area contributed by atoms with E-state index in [9.17, 15) is 9.59 Å². The van der Waals surface area contributed by atoms with Crippen molar-refractivity contribution in [1.82, 2.24) is 10.3 Å². The van der Waals surface area contributed by atoms with Crippen LogP contribution in [0.2, 0.25) is 0 Å². The molecule has 3 N–H and O–H groups in total. The lowest BCUT2D eigenvalue weighted by atomic mass is 10.1. The number of hydrogen-bond donors (Lipinski definition) is 3. The molecule has 0 fully saturated rings. The average molecular weight is 293 g/mol. The standard InChI is InChI=1S/C15H23N3O3/c1-6-11-7-10(14(20)21)8-12(17-11)16-9(2)13(19)18-15(3,4)5/h7-9H,6H2,1-5H3,(H,16,17)(H,18,19)(H,20,21). The summed E-state index contributed by atoms with van der Waals surface area (Å²) >= 11 is 0. The van der Waals surface area contributed by atoms with Crippen LogP contribution in [0.15, 0.2) is 12.1 Å². The lowest BCUT2D eigenvalue weighted by Gasteiger charge is -2.24. The van der Waals surface area contributed by atoms with Crippen molar-refractivity contribution in [2.45, 2.75) is 52.6 Å². The van der Waals surface area contributed by atoms with Crippen molar-refractivity contribution in [2.75, 3.05) is 5.32 Å². The fourth-order valence-corrected chi connectivity index (χ4v) is 1.73. The maximum atomic E-state index is 12.0. The second-order valence-corrected chi connectivity index (χ2v) is 6.00. The van der Waals surface area contributed by atoms with E-state index in [0.717, 1.165) is 0 Å². The first-order chi connectivity index (χ1) is 9.62. The van der Waals surface area contributed by atoms with Gasteiger partial charge >= 0.3 is 5.97 Å². The quantitative estimate of drug-likeness (QED) is 0.773. The van der Waals surface area contributed by atoms with Gasteiger partial charge in [-0.2, -0.15) is 0 Å². The molecule has 0 saturated heterocycles. The second-order valence-electron chi connectivity index (χ2n) is 6.00. The van der Waals surface area contributed by atoms with Gasteiger partial charge in [0, 0.05) is 11.2 Å². The number of carboxylic acid groups (broad SMARTS) is 1. The smallest absolute Gasteiger partial charge is 0.335 e. The van der Waals surface area contributed by atoms with E-state index in [1.54, 1.807) is 6.92 Å². The fraction of sp³-hybridized carbons (Fsp3) is 0.533. The molecule has 0 aromatic carbocycles. The third-order valence-electron chi connectivity index (χ3n) is 2.74. The van der Waals surface area contributed by atoms with Crippen LogP contribution in [0.1, 0.15) is 50.7 Å². The molecule has 0 saturated carbocycles. The van der Waals surface area contributed by atoms with E-state index in [1.807, 2.05) is 27.7 Å². The van der Waals surface area contributed by atoms with Crippen LogP contribution < -0.4 is 10.6 Å². The third kappa shape index (κ3) is 5.41. The molecule has 1 heterocycles. The molecule has 1 aromatic heterocycles. The molecule has 1 amide bonds. The van der Waals surface area contributed by atoms with Gasteiger partial charge in [-0.1, -0.05) is 6.92 Å². The lowest BCUT2D eigenvalue weighted by Crippen LogP contribution is -2.47. The van der Waals surface area contributed by atoms with Crippen molar-refractivity contribution in [2.24, 2.45) is 0 Å². The zero-order valence-electron chi connectivity index (χ0n) is 13.2. The van der Waals surface area contributed by atoms with Gasteiger partial charge in [-0.25, -0.2) is 9.78 Å². The number of nitrogens with zero attached hydrogens (tertiary/aromatic N) is 1. The van der Waals surface area contributed by atoms with E-state index in [2.05, 4.69) is 15.6 Å². The van der Waals surface area contributed by atoms with Gasteiger partial charge in [0.05, 0.1) is 5.56 Å². The molecule has 0 radical (unpaired) electrons. The number of nitrogens with one attached hydrogen (secondary N) is 2. The number of rotatable bonds is 5. The predicted octanol–water partition coefficient (Wildman–Crippen LogP) is 2.06. The van der Waals surface area contributed by atoms with Gasteiger partial charge in [-0.3, -0.25) is 4.79 Å². The van der Waals surface area contributed by atoms with Gasteiger partial charge in [0.25, 0.3) is 0 Å². The van der Waals surface area contributed by atoms with Crippen molar-refractivity contribution < 1.29 is 14.7 Å². The highest BCUT2D eigenvalue weighted by Crippen LogP contribution is 2.13. The van der Waals surface area contributed by atoms with Crippen LogP contribution in [0.25, 0.3) is 0 Å². The van der Waals surface area contributed by atoms with Crippen molar-refractivity contribution in [3.05, 3.63) is 23.4 Å². The average Bonchev–Trinajstić information content (AvgIpc) is 2.36. The number of carboxylic acids is 1. The Morgan fingerprint density at radius 1 is 1.33 bits per heavy atom. The van der Waals surface area contributed by atoms with Gasteiger partial charge in [-0.15, -0.1) is 0 Å². The Labute approximate surface area is 125 Å². The number of amides is 1. The molecule has 0 aliphatic carbocycles. The van der Waals surface area contributed by atoms with Crippen molar-refractivity contribution in [1.29, 1.82) is 0 Å². The molecule has 6 heteroatoms. The number of carbonyl (C=O) groups is 2. The van der Waals surface area contributed by atoms with Crippen molar-refractivity contribution >= 4 is 17.7 Å². The van der Waals surface area contributed by atoms with Gasteiger partial charge in [0.2, 0.25) is 5.91 Å². The Hall–Kier alpha value is -2.11. The molecule has 0 aliphatic heterocycles.